The number of fused-ring (bicyclic) bond motifs is 2. The van der Waals surface area contributed by atoms with Crippen molar-refractivity contribution in [3.8, 4) is 16.9 Å². The molecule has 4 nitrogen and oxygen atoms in total. The summed E-state index contributed by atoms with van der Waals surface area (Å²) in [6, 6.07) is 13.1. The molecule has 27 heavy (non-hydrogen) atoms. The lowest BCUT2D eigenvalue weighted by molar-refractivity contribution is -0.0132. The Hall–Kier alpha value is -2.33. The second-order valence-corrected chi connectivity index (χ2v) is 8.04. The lowest BCUT2D eigenvalue weighted by Gasteiger charge is -2.44. The first-order valence-electron chi connectivity index (χ1n) is 10.2. The maximum absolute atomic E-state index is 6.59. The third kappa shape index (κ3) is 2.83. The third-order valence-corrected chi connectivity index (χ3v) is 6.56. The van der Waals surface area contributed by atoms with Crippen molar-refractivity contribution >= 4 is 5.52 Å². The lowest BCUT2D eigenvalue weighted by atomic mass is 9.82. The number of piperidine rings is 1. The molecular formula is C23H27N3O. The number of pyridine rings is 1. The van der Waals surface area contributed by atoms with Crippen molar-refractivity contribution < 1.29 is 4.74 Å². The van der Waals surface area contributed by atoms with E-state index < -0.39 is 0 Å². The van der Waals surface area contributed by atoms with Crippen LogP contribution in [-0.2, 0) is 6.42 Å². The number of rotatable bonds is 2. The van der Waals surface area contributed by atoms with Gasteiger partial charge in [0.1, 0.15) is 11.4 Å². The maximum atomic E-state index is 6.59. The van der Waals surface area contributed by atoms with Crippen LogP contribution in [0.3, 0.4) is 0 Å². The summed E-state index contributed by atoms with van der Waals surface area (Å²) >= 11 is 0. The standard InChI is InChI=1S/C23H27N3O/c1-3-25-14-11-23(12-15-25)10-8-19-16-18(4-7-22(19)27-23)21-6-5-20-9-13-24-26(20)17(21)2/h4-7,9,13,16H,3,8,10-12,14-15H2,1-2H3. The highest BCUT2D eigenvalue weighted by Crippen LogP contribution is 2.41. The average molecular weight is 361 g/mol. The molecule has 0 unspecified atom stereocenters. The second-order valence-electron chi connectivity index (χ2n) is 8.04. The number of aromatic nitrogens is 2. The van der Waals surface area contributed by atoms with Gasteiger partial charge in [-0.25, -0.2) is 4.52 Å². The molecule has 0 N–H and O–H groups in total. The number of benzene rings is 1. The molecule has 0 bridgehead atoms. The number of hydrogen-bond acceptors (Lipinski definition) is 3. The zero-order valence-corrected chi connectivity index (χ0v) is 16.2. The summed E-state index contributed by atoms with van der Waals surface area (Å²) in [5.41, 5.74) is 6.21. The molecule has 0 radical (unpaired) electrons. The Morgan fingerprint density at radius 2 is 1.93 bits per heavy atom. The summed E-state index contributed by atoms with van der Waals surface area (Å²) in [6.45, 7) is 7.86. The summed E-state index contributed by atoms with van der Waals surface area (Å²) in [4.78, 5) is 2.53. The van der Waals surface area contributed by atoms with E-state index in [0.29, 0.717) is 0 Å². The van der Waals surface area contributed by atoms with Gasteiger partial charge in [0.25, 0.3) is 0 Å². The fourth-order valence-corrected chi connectivity index (χ4v) is 4.75. The van der Waals surface area contributed by atoms with Crippen LogP contribution in [0.4, 0.5) is 0 Å². The molecule has 3 aromatic rings. The van der Waals surface area contributed by atoms with Crippen molar-refractivity contribution in [1.29, 1.82) is 0 Å². The number of nitrogens with zero attached hydrogens (tertiary/aromatic N) is 3. The molecule has 4 heterocycles. The fourth-order valence-electron chi connectivity index (χ4n) is 4.75. The van der Waals surface area contributed by atoms with Crippen molar-refractivity contribution in [1.82, 2.24) is 14.5 Å². The molecule has 0 aliphatic carbocycles. The van der Waals surface area contributed by atoms with E-state index in [0.717, 1.165) is 56.6 Å². The van der Waals surface area contributed by atoms with Gasteiger partial charge in [0, 0.05) is 30.5 Å². The molecule has 2 aliphatic rings. The monoisotopic (exact) mass is 361 g/mol. The van der Waals surface area contributed by atoms with Crippen LogP contribution in [0, 0.1) is 6.92 Å². The highest BCUT2D eigenvalue weighted by atomic mass is 16.5. The Balaban J connectivity index is 1.44. The van der Waals surface area contributed by atoms with E-state index in [1.54, 1.807) is 0 Å². The molecule has 2 aromatic heterocycles. The largest absolute Gasteiger partial charge is 0.487 e. The predicted molar refractivity (Wildman–Crippen MR) is 108 cm³/mol. The number of ether oxygens (including phenoxy) is 1. The molecule has 0 saturated carbocycles. The summed E-state index contributed by atoms with van der Waals surface area (Å²) in [7, 11) is 0. The van der Waals surface area contributed by atoms with Gasteiger partial charge in [-0.1, -0.05) is 19.1 Å². The molecule has 0 atom stereocenters. The van der Waals surface area contributed by atoms with Gasteiger partial charge >= 0.3 is 0 Å². The van der Waals surface area contributed by atoms with Gasteiger partial charge in [0.05, 0.1) is 5.52 Å². The Kier molecular flexibility index (Phi) is 3.97. The quantitative estimate of drug-likeness (QED) is 0.674. The SMILES string of the molecule is CCN1CCC2(CCc3cc(-c4ccc5ccnn5c4C)ccc3O2)CC1. The van der Waals surface area contributed by atoms with Crippen LogP contribution in [0.15, 0.2) is 42.6 Å². The average Bonchev–Trinajstić information content (AvgIpc) is 3.18. The zero-order chi connectivity index (χ0) is 18.4. The Bertz CT molecular complexity index is 982. The van der Waals surface area contributed by atoms with E-state index in [1.165, 1.54) is 22.4 Å². The molecule has 4 heteroatoms. The van der Waals surface area contributed by atoms with Crippen LogP contribution >= 0.6 is 0 Å². The number of hydrogen-bond donors (Lipinski definition) is 0. The molecule has 1 fully saturated rings. The maximum Gasteiger partial charge on any atom is 0.123 e. The van der Waals surface area contributed by atoms with E-state index >= 15 is 0 Å². The molecule has 0 amide bonds. The second kappa shape index (κ2) is 6.38. The van der Waals surface area contributed by atoms with Crippen molar-refractivity contribution in [2.75, 3.05) is 19.6 Å². The van der Waals surface area contributed by atoms with Gasteiger partial charge in [-0.2, -0.15) is 5.10 Å². The zero-order valence-electron chi connectivity index (χ0n) is 16.2. The first-order valence-corrected chi connectivity index (χ1v) is 10.2. The van der Waals surface area contributed by atoms with E-state index in [1.807, 2.05) is 16.8 Å². The highest BCUT2D eigenvalue weighted by Gasteiger charge is 2.39. The summed E-state index contributed by atoms with van der Waals surface area (Å²) in [5.74, 6) is 1.09. The van der Waals surface area contributed by atoms with Gasteiger partial charge in [0.15, 0.2) is 0 Å². The van der Waals surface area contributed by atoms with Crippen molar-refractivity contribution in [3.05, 3.63) is 53.9 Å². The molecule has 1 saturated heterocycles. The first-order chi connectivity index (χ1) is 13.2. The number of likely N-dealkylation sites (tertiary alicyclic amines) is 1. The van der Waals surface area contributed by atoms with Crippen LogP contribution in [0.1, 0.15) is 37.4 Å². The van der Waals surface area contributed by atoms with E-state index in [9.17, 15) is 0 Å². The van der Waals surface area contributed by atoms with E-state index in [-0.39, 0.29) is 5.60 Å². The molecule has 5 rings (SSSR count). The summed E-state index contributed by atoms with van der Waals surface area (Å²) < 4.78 is 8.60. The van der Waals surface area contributed by atoms with Crippen molar-refractivity contribution in [2.45, 2.75) is 45.1 Å². The molecule has 2 aliphatic heterocycles. The third-order valence-electron chi connectivity index (χ3n) is 6.56. The Morgan fingerprint density at radius 1 is 1.07 bits per heavy atom. The van der Waals surface area contributed by atoms with Gasteiger partial charge in [-0.3, -0.25) is 0 Å². The topological polar surface area (TPSA) is 29.8 Å². The minimum Gasteiger partial charge on any atom is -0.487 e. The van der Waals surface area contributed by atoms with Crippen LogP contribution in [0.5, 0.6) is 5.75 Å². The first kappa shape index (κ1) is 16.8. The summed E-state index contributed by atoms with van der Waals surface area (Å²) in [5, 5.41) is 4.45. The van der Waals surface area contributed by atoms with Crippen LogP contribution in [-0.4, -0.2) is 39.7 Å². The van der Waals surface area contributed by atoms with Gasteiger partial charge in [0.2, 0.25) is 0 Å². The minimum absolute atomic E-state index is 0.0596. The van der Waals surface area contributed by atoms with Crippen LogP contribution in [0.2, 0.25) is 0 Å². The highest BCUT2D eigenvalue weighted by molar-refractivity contribution is 5.70. The van der Waals surface area contributed by atoms with Gasteiger partial charge in [-0.15, -0.1) is 0 Å². The molecule has 1 aromatic carbocycles. The van der Waals surface area contributed by atoms with Crippen molar-refractivity contribution in [3.63, 3.8) is 0 Å². The minimum atomic E-state index is 0.0596. The lowest BCUT2D eigenvalue weighted by Crippen LogP contribution is -2.49. The van der Waals surface area contributed by atoms with Gasteiger partial charge < -0.3 is 9.64 Å². The fraction of sp³-hybridized carbons (Fsp3) is 0.435. The summed E-state index contributed by atoms with van der Waals surface area (Å²) in [6.07, 6.45) is 6.40. The predicted octanol–water partition coefficient (Wildman–Crippen LogP) is 4.49. The smallest absolute Gasteiger partial charge is 0.123 e. The van der Waals surface area contributed by atoms with E-state index in [2.05, 4.69) is 54.2 Å². The molecule has 1 spiro atoms. The van der Waals surface area contributed by atoms with Crippen LogP contribution < -0.4 is 4.74 Å². The molecule has 140 valence electrons. The van der Waals surface area contributed by atoms with Gasteiger partial charge in [-0.05, 0) is 74.5 Å². The normalized spacial score (nSPS) is 19.2. The Morgan fingerprint density at radius 3 is 2.74 bits per heavy atom. The number of aryl methyl sites for hydroxylation is 2. The molecular weight excluding hydrogens is 334 g/mol. The van der Waals surface area contributed by atoms with E-state index in [4.69, 9.17) is 4.74 Å². The Labute approximate surface area is 160 Å². The van der Waals surface area contributed by atoms with Crippen molar-refractivity contribution in [2.24, 2.45) is 0 Å². The van der Waals surface area contributed by atoms with Crippen LogP contribution in [0.25, 0.3) is 16.6 Å².